The van der Waals surface area contributed by atoms with Gasteiger partial charge in [-0.1, -0.05) is 0 Å². The van der Waals surface area contributed by atoms with Gasteiger partial charge in [-0.05, 0) is 0 Å². The Morgan fingerprint density at radius 3 is 2.00 bits per heavy atom. The van der Waals surface area contributed by atoms with Crippen LogP contribution in [0.4, 0.5) is 0 Å². The van der Waals surface area contributed by atoms with Crippen molar-refractivity contribution >= 4 is 17.7 Å². The Bertz CT molecular complexity index is 817. The average molecular weight is 362 g/mol. The van der Waals surface area contributed by atoms with E-state index in [1.54, 1.807) is 0 Å². The normalized spacial score (nSPS) is 11.5. The molecule has 0 fully saturated rings. The third-order valence-corrected chi connectivity index (χ3v) is 8.70. The van der Waals surface area contributed by atoms with Crippen molar-refractivity contribution in [2.24, 2.45) is 0 Å². The van der Waals surface area contributed by atoms with Crippen LogP contribution in [0.15, 0.2) is 66.9 Å². The van der Waals surface area contributed by atoms with Gasteiger partial charge in [-0.2, -0.15) is 0 Å². The monoisotopic (exact) mass is 363 g/mol. The fourth-order valence-corrected chi connectivity index (χ4v) is 6.65. The Morgan fingerprint density at radius 2 is 1.39 bits per heavy atom. The average Bonchev–Trinajstić information content (AvgIpc) is 2.54. The van der Waals surface area contributed by atoms with Crippen LogP contribution in [0, 0.1) is 6.92 Å². The summed E-state index contributed by atoms with van der Waals surface area (Å²) in [5.41, 5.74) is 6.13. The molecule has 0 N–H and O–H groups in total. The van der Waals surface area contributed by atoms with Gasteiger partial charge in [0.05, 0.1) is 0 Å². The van der Waals surface area contributed by atoms with Crippen molar-refractivity contribution in [2.75, 3.05) is 0 Å². The Hall–Kier alpha value is -1.87. The molecule has 0 aliphatic carbocycles. The zero-order chi connectivity index (χ0) is 16.4. The molecule has 0 saturated carbocycles. The quantitative estimate of drug-likeness (QED) is 0.579. The molecule has 1 heterocycles. The van der Waals surface area contributed by atoms with E-state index < -0.39 is 13.3 Å². The number of hydrogen-bond acceptors (Lipinski definition) is 1. The third-order valence-electron chi connectivity index (χ3n) is 4.21. The molecule has 2 heteroatoms. The maximum absolute atomic E-state index is 4.81. The van der Waals surface area contributed by atoms with E-state index in [1.807, 2.05) is 0 Å². The van der Waals surface area contributed by atoms with Gasteiger partial charge in [-0.15, -0.1) is 0 Å². The minimum atomic E-state index is -1.85. The Morgan fingerprint density at radius 1 is 0.783 bits per heavy atom. The Labute approximate surface area is 141 Å². The van der Waals surface area contributed by atoms with Crippen molar-refractivity contribution in [3.8, 4) is 22.4 Å². The predicted octanol–water partition coefficient (Wildman–Crippen LogP) is 5.27. The van der Waals surface area contributed by atoms with Crippen LogP contribution < -0.4 is 4.40 Å². The van der Waals surface area contributed by atoms with Crippen molar-refractivity contribution in [1.82, 2.24) is 4.98 Å². The van der Waals surface area contributed by atoms with E-state index in [0.29, 0.717) is 0 Å². The van der Waals surface area contributed by atoms with Gasteiger partial charge in [0.15, 0.2) is 0 Å². The van der Waals surface area contributed by atoms with E-state index in [2.05, 4.69) is 91.1 Å². The molecule has 0 bridgehead atoms. The standard InChI is InChI=1S/C21H23GeN/c1-16-14-21(23-15-20(16)22(2,3)4)19-13-9-8-12-18(19)17-10-6-5-7-11-17/h5-15H,1-4H3. The molecule has 116 valence electrons. The second-order valence-electron chi connectivity index (χ2n) is 7.05. The van der Waals surface area contributed by atoms with E-state index in [0.717, 1.165) is 5.69 Å². The fraction of sp³-hybridized carbons (Fsp3) is 0.190. The zero-order valence-electron chi connectivity index (χ0n) is 14.3. The van der Waals surface area contributed by atoms with Crippen molar-refractivity contribution < 1.29 is 0 Å². The predicted molar refractivity (Wildman–Crippen MR) is 103 cm³/mol. The van der Waals surface area contributed by atoms with Crippen LogP contribution in [0.2, 0.25) is 17.3 Å². The maximum atomic E-state index is 4.81. The van der Waals surface area contributed by atoms with Gasteiger partial charge in [0.2, 0.25) is 0 Å². The molecule has 2 aromatic carbocycles. The van der Waals surface area contributed by atoms with Gasteiger partial charge in [0.25, 0.3) is 0 Å². The van der Waals surface area contributed by atoms with Gasteiger partial charge in [-0.3, -0.25) is 0 Å². The summed E-state index contributed by atoms with van der Waals surface area (Å²) >= 11 is -1.85. The summed E-state index contributed by atoms with van der Waals surface area (Å²) in [7, 11) is 0. The number of benzene rings is 2. The molecule has 23 heavy (non-hydrogen) atoms. The minimum absolute atomic E-state index is 1.07. The molecule has 0 spiro atoms. The summed E-state index contributed by atoms with van der Waals surface area (Å²) in [4.78, 5) is 4.81. The van der Waals surface area contributed by atoms with Crippen molar-refractivity contribution in [1.29, 1.82) is 0 Å². The van der Waals surface area contributed by atoms with Gasteiger partial charge < -0.3 is 0 Å². The molecule has 0 amide bonds. The summed E-state index contributed by atoms with van der Waals surface area (Å²) in [6.07, 6.45) is 2.12. The Balaban J connectivity index is 2.12. The summed E-state index contributed by atoms with van der Waals surface area (Å²) in [6.45, 7) is 2.22. The molecule has 3 aromatic rings. The molecule has 1 aromatic heterocycles. The van der Waals surface area contributed by atoms with Crippen molar-refractivity contribution in [3.63, 3.8) is 0 Å². The van der Waals surface area contributed by atoms with E-state index in [9.17, 15) is 0 Å². The third kappa shape index (κ3) is 3.40. The summed E-state index contributed by atoms with van der Waals surface area (Å²) in [6, 6.07) is 21.3. The number of rotatable bonds is 3. The van der Waals surface area contributed by atoms with E-state index >= 15 is 0 Å². The van der Waals surface area contributed by atoms with Gasteiger partial charge in [0.1, 0.15) is 0 Å². The molecule has 0 atom stereocenters. The van der Waals surface area contributed by atoms with Crippen LogP contribution in [-0.4, -0.2) is 18.3 Å². The molecule has 1 nitrogen and oxygen atoms in total. The van der Waals surface area contributed by atoms with Crippen LogP contribution >= 0.6 is 0 Å². The van der Waals surface area contributed by atoms with E-state index in [1.165, 1.54) is 26.6 Å². The molecule has 0 aliphatic rings. The van der Waals surface area contributed by atoms with E-state index in [4.69, 9.17) is 4.98 Å². The van der Waals surface area contributed by atoms with Crippen LogP contribution in [0.3, 0.4) is 0 Å². The zero-order valence-corrected chi connectivity index (χ0v) is 16.4. The Kier molecular flexibility index (Phi) is 4.40. The summed E-state index contributed by atoms with van der Waals surface area (Å²) in [5.74, 6) is 7.25. The first-order valence-electron chi connectivity index (χ1n) is 8.09. The van der Waals surface area contributed by atoms with Crippen molar-refractivity contribution in [3.05, 3.63) is 72.4 Å². The number of hydrogen-bond donors (Lipinski definition) is 0. The molecule has 0 unspecified atom stereocenters. The van der Waals surface area contributed by atoms with Crippen LogP contribution in [0.5, 0.6) is 0 Å². The molecule has 0 saturated heterocycles. The van der Waals surface area contributed by atoms with Gasteiger partial charge >= 0.3 is 142 Å². The topological polar surface area (TPSA) is 12.9 Å². The second kappa shape index (κ2) is 6.33. The molecular formula is C21H23GeN. The summed E-state index contributed by atoms with van der Waals surface area (Å²) < 4.78 is 1.49. The molecule has 0 radical (unpaired) electrons. The van der Waals surface area contributed by atoms with Crippen LogP contribution in [0.25, 0.3) is 22.4 Å². The van der Waals surface area contributed by atoms with Crippen molar-refractivity contribution in [2.45, 2.75) is 24.2 Å². The first-order valence-corrected chi connectivity index (χ1v) is 15.4. The first kappa shape index (κ1) is 16.0. The number of aryl methyl sites for hydroxylation is 1. The summed E-state index contributed by atoms with van der Waals surface area (Å²) in [5, 5.41) is 0. The second-order valence-corrected chi connectivity index (χ2v) is 17.6. The molecular weight excluding hydrogens is 339 g/mol. The molecule has 0 aliphatic heterocycles. The fourth-order valence-electron chi connectivity index (χ4n) is 3.06. The molecule has 3 rings (SSSR count). The van der Waals surface area contributed by atoms with Gasteiger partial charge in [0, 0.05) is 0 Å². The SMILES string of the molecule is Cc1cc(-c2ccccc2-c2ccccc2)nc[c]1[Ge]([CH3])([CH3])[CH3]. The van der Waals surface area contributed by atoms with Gasteiger partial charge in [-0.25, -0.2) is 0 Å². The number of pyridine rings is 1. The number of nitrogens with zero attached hydrogens (tertiary/aromatic N) is 1. The van der Waals surface area contributed by atoms with Crippen LogP contribution in [-0.2, 0) is 0 Å². The van der Waals surface area contributed by atoms with E-state index in [-0.39, 0.29) is 0 Å². The number of aromatic nitrogens is 1. The first-order chi connectivity index (χ1) is 11.0. The van der Waals surface area contributed by atoms with Crippen LogP contribution in [0.1, 0.15) is 5.56 Å².